The number of aromatic nitrogens is 1. The number of rotatable bonds is 2. The lowest BCUT2D eigenvalue weighted by atomic mass is 10.1. The Morgan fingerprint density at radius 2 is 1.82 bits per heavy atom. The van der Waals surface area contributed by atoms with Gasteiger partial charge in [-0.2, -0.15) is 0 Å². The molecule has 22 heavy (non-hydrogen) atoms. The van der Waals surface area contributed by atoms with E-state index in [1.54, 1.807) is 0 Å². The molecular weight excluding hydrogens is 274 g/mol. The highest BCUT2D eigenvalue weighted by Crippen LogP contribution is 2.22. The van der Waals surface area contributed by atoms with Crippen LogP contribution in [0.2, 0.25) is 0 Å². The molecule has 1 heterocycles. The summed E-state index contributed by atoms with van der Waals surface area (Å²) in [6.07, 6.45) is 3.70. The van der Waals surface area contributed by atoms with Crippen molar-refractivity contribution in [3.8, 4) is 0 Å². The van der Waals surface area contributed by atoms with Crippen molar-refractivity contribution in [2.75, 3.05) is 5.32 Å². The van der Waals surface area contributed by atoms with Crippen LogP contribution >= 0.6 is 0 Å². The molecule has 1 aliphatic rings. The molecule has 0 bridgehead atoms. The maximum absolute atomic E-state index is 12.2. The Morgan fingerprint density at radius 3 is 2.59 bits per heavy atom. The molecule has 4 heteroatoms. The second kappa shape index (κ2) is 5.22. The van der Waals surface area contributed by atoms with Crippen molar-refractivity contribution in [2.24, 2.45) is 0 Å². The van der Waals surface area contributed by atoms with E-state index in [2.05, 4.69) is 27.8 Å². The SMILES string of the molecule is O=C(Nc1ccc2cc[nH]c2c1)NC1Cc2ccccc2C1. The molecule has 2 aromatic carbocycles. The Kier molecular flexibility index (Phi) is 3.07. The average Bonchev–Trinajstić information content (AvgIpc) is 3.11. The molecule has 3 aromatic rings. The first kappa shape index (κ1) is 13.0. The molecule has 0 atom stereocenters. The lowest BCUT2D eigenvalue weighted by Crippen LogP contribution is -2.38. The molecule has 0 spiro atoms. The molecule has 3 N–H and O–H groups in total. The fourth-order valence-corrected chi connectivity index (χ4v) is 3.14. The molecule has 1 aromatic heterocycles. The highest BCUT2D eigenvalue weighted by atomic mass is 16.2. The number of carbonyl (C=O) groups excluding carboxylic acids is 1. The van der Waals surface area contributed by atoms with Crippen molar-refractivity contribution in [2.45, 2.75) is 18.9 Å². The zero-order valence-electron chi connectivity index (χ0n) is 12.1. The first-order valence-corrected chi connectivity index (χ1v) is 7.49. The monoisotopic (exact) mass is 291 g/mol. The lowest BCUT2D eigenvalue weighted by Gasteiger charge is -2.13. The second-order valence-corrected chi connectivity index (χ2v) is 5.75. The van der Waals surface area contributed by atoms with Crippen LogP contribution in [0.5, 0.6) is 0 Å². The molecule has 1 aliphatic carbocycles. The van der Waals surface area contributed by atoms with Crippen LogP contribution < -0.4 is 10.6 Å². The van der Waals surface area contributed by atoms with E-state index in [-0.39, 0.29) is 12.1 Å². The highest BCUT2D eigenvalue weighted by molar-refractivity contribution is 5.92. The molecule has 0 saturated carbocycles. The van der Waals surface area contributed by atoms with Crippen LogP contribution in [0.1, 0.15) is 11.1 Å². The van der Waals surface area contributed by atoms with E-state index in [0.29, 0.717) is 0 Å². The Balaban J connectivity index is 1.41. The third-order valence-corrected chi connectivity index (χ3v) is 4.20. The minimum atomic E-state index is -0.149. The summed E-state index contributed by atoms with van der Waals surface area (Å²) in [4.78, 5) is 15.3. The van der Waals surface area contributed by atoms with Gasteiger partial charge < -0.3 is 15.6 Å². The molecule has 0 radical (unpaired) electrons. The van der Waals surface area contributed by atoms with Crippen molar-refractivity contribution >= 4 is 22.6 Å². The van der Waals surface area contributed by atoms with Gasteiger partial charge in [0.15, 0.2) is 0 Å². The third kappa shape index (κ3) is 2.44. The number of fused-ring (bicyclic) bond motifs is 2. The van der Waals surface area contributed by atoms with E-state index in [1.165, 1.54) is 11.1 Å². The Hall–Kier alpha value is -2.75. The number of benzene rings is 2. The predicted molar refractivity (Wildman–Crippen MR) is 88.1 cm³/mol. The zero-order chi connectivity index (χ0) is 14.9. The summed E-state index contributed by atoms with van der Waals surface area (Å²) in [7, 11) is 0. The van der Waals surface area contributed by atoms with Crippen molar-refractivity contribution < 1.29 is 4.79 Å². The Morgan fingerprint density at radius 1 is 1.05 bits per heavy atom. The number of H-pyrrole nitrogens is 1. The van der Waals surface area contributed by atoms with Gasteiger partial charge in [-0.15, -0.1) is 0 Å². The fourth-order valence-electron chi connectivity index (χ4n) is 3.14. The maximum atomic E-state index is 12.2. The summed E-state index contributed by atoms with van der Waals surface area (Å²) in [5, 5.41) is 7.10. The summed E-state index contributed by atoms with van der Waals surface area (Å²) in [5.41, 5.74) is 4.48. The first-order chi connectivity index (χ1) is 10.8. The van der Waals surface area contributed by atoms with E-state index in [9.17, 15) is 4.79 Å². The number of anilines is 1. The van der Waals surface area contributed by atoms with E-state index >= 15 is 0 Å². The van der Waals surface area contributed by atoms with Crippen LogP contribution in [0.3, 0.4) is 0 Å². The van der Waals surface area contributed by atoms with Crippen LogP contribution in [-0.4, -0.2) is 17.1 Å². The molecule has 0 saturated heterocycles. The number of hydrogen-bond donors (Lipinski definition) is 3. The number of carbonyl (C=O) groups is 1. The zero-order valence-corrected chi connectivity index (χ0v) is 12.1. The fraction of sp³-hybridized carbons (Fsp3) is 0.167. The molecule has 0 unspecified atom stereocenters. The van der Waals surface area contributed by atoms with Gasteiger partial charge in [-0.1, -0.05) is 30.3 Å². The minimum absolute atomic E-state index is 0.149. The second-order valence-electron chi connectivity index (χ2n) is 5.75. The summed E-state index contributed by atoms with van der Waals surface area (Å²) in [6.45, 7) is 0. The molecule has 0 fully saturated rings. The number of urea groups is 1. The van der Waals surface area contributed by atoms with Gasteiger partial charge in [-0.05, 0) is 47.6 Å². The van der Waals surface area contributed by atoms with Gasteiger partial charge in [0, 0.05) is 23.4 Å². The van der Waals surface area contributed by atoms with Crippen molar-refractivity contribution in [3.05, 3.63) is 65.9 Å². The van der Waals surface area contributed by atoms with Gasteiger partial charge in [0.25, 0.3) is 0 Å². The predicted octanol–water partition coefficient (Wildman–Crippen LogP) is 3.46. The van der Waals surface area contributed by atoms with Crippen molar-refractivity contribution in [1.82, 2.24) is 10.3 Å². The minimum Gasteiger partial charge on any atom is -0.361 e. The molecular formula is C18H17N3O. The standard InChI is InChI=1S/C18H17N3O/c22-18(20-15-6-5-12-7-8-19-17(12)11-15)21-16-9-13-3-1-2-4-14(13)10-16/h1-8,11,16,19H,9-10H2,(H2,20,21,22). The Labute approximate surface area is 128 Å². The molecule has 4 rings (SSSR count). The smallest absolute Gasteiger partial charge is 0.319 e. The van der Waals surface area contributed by atoms with E-state index in [1.807, 2.05) is 42.6 Å². The van der Waals surface area contributed by atoms with E-state index in [4.69, 9.17) is 0 Å². The maximum Gasteiger partial charge on any atom is 0.319 e. The normalized spacial score (nSPS) is 14.0. The van der Waals surface area contributed by atoms with Crippen LogP contribution in [0.4, 0.5) is 10.5 Å². The average molecular weight is 291 g/mol. The first-order valence-electron chi connectivity index (χ1n) is 7.49. The van der Waals surface area contributed by atoms with Crippen LogP contribution in [0, 0.1) is 0 Å². The molecule has 110 valence electrons. The molecule has 4 nitrogen and oxygen atoms in total. The highest BCUT2D eigenvalue weighted by Gasteiger charge is 2.22. The summed E-state index contributed by atoms with van der Waals surface area (Å²) < 4.78 is 0. The number of aromatic amines is 1. The summed E-state index contributed by atoms with van der Waals surface area (Å²) in [6, 6.07) is 16.2. The number of nitrogens with one attached hydrogen (secondary N) is 3. The third-order valence-electron chi connectivity index (χ3n) is 4.20. The van der Waals surface area contributed by atoms with Gasteiger partial charge in [-0.25, -0.2) is 4.79 Å². The van der Waals surface area contributed by atoms with Crippen LogP contribution in [0.15, 0.2) is 54.7 Å². The van der Waals surface area contributed by atoms with Crippen molar-refractivity contribution in [1.29, 1.82) is 0 Å². The van der Waals surface area contributed by atoms with Crippen LogP contribution in [-0.2, 0) is 12.8 Å². The van der Waals surface area contributed by atoms with Crippen molar-refractivity contribution in [3.63, 3.8) is 0 Å². The largest absolute Gasteiger partial charge is 0.361 e. The van der Waals surface area contributed by atoms with Gasteiger partial charge in [0.2, 0.25) is 0 Å². The number of amides is 2. The van der Waals surface area contributed by atoms with Crippen LogP contribution in [0.25, 0.3) is 10.9 Å². The summed E-state index contributed by atoms with van der Waals surface area (Å²) >= 11 is 0. The van der Waals surface area contributed by atoms with E-state index in [0.717, 1.165) is 29.4 Å². The molecule has 2 amide bonds. The quantitative estimate of drug-likeness (QED) is 0.665. The number of hydrogen-bond acceptors (Lipinski definition) is 1. The van der Waals surface area contributed by atoms with Gasteiger partial charge in [0.1, 0.15) is 0 Å². The Bertz CT molecular complexity index is 812. The van der Waals surface area contributed by atoms with Gasteiger partial charge in [0.05, 0.1) is 0 Å². The summed E-state index contributed by atoms with van der Waals surface area (Å²) in [5.74, 6) is 0. The molecule has 0 aliphatic heterocycles. The van der Waals surface area contributed by atoms with Gasteiger partial charge >= 0.3 is 6.03 Å². The van der Waals surface area contributed by atoms with E-state index < -0.39 is 0 Å². The topological polar surface area (TPSA) is 56.9 Å². The lowest BCUT2D eigenvalue weighted by molar-refractivity contribution is 0.249. The van der Waals surface area contributed by atoms with Gasteiger partial charge in [-0.3, -0.25) is 0 Å².